The molecule has 0 radical (unpaired) electrons. The Hall–Kier alpha value is -4.80. The summed E-state index contributed by atoms with van der Waals surface area (Å²) in [6.07, 6.45) is 5.24. The number of piperidine rings is 1. The molecule has 3 aromatic carbocycles. The SMILES string of the molecule is Cc1cc(N2C(=O)Nc3c(C(=O)Nc4ccc(CN5CCCCC5)cc4)sc4ncnc2c34)ccc1Oc1ccccc1. The lowest BCUT2D eigenvalue weighted by Crippen LogP contribution is -2.35. The van der Waals surface area contributed by atoms with Gasteiger partial charge in [-0.1, -0.05) is 36.8 Å². The third-order valence-electron chi connectivity index (χ3n) is 7.78. The van der Waals surface area contributed by atoms with Gasteiger partial charge in [0, 0.05) is 12.2 Å². The average molecular weight is 591 g/mol. The normalized spacial score (nSPS) is 14.9. The maximum absolute atomic E-state index is 13.5. The molecule has 10 heteroatoms. The first-order valence-electron chi connectivity index (χ1n) is 14.4. The minimum atomic E-state index is -0.404. The van der Waals surface area contributed by atoms with Crippen LogP contribution in [0.1, 0.15) is 40.1 Å². The van der Waals surface area contributed by atoms with Crippen LogP contribution < -0.4 is 20.3 Å². The van der Waals surface area contributed by atoms with Crippen LogP contribution in [0.15, 0.2) is 79.1 Å². The van der Waals surface area contributed by atoms with Crippen molar-refractivity contribution in [1.29, 1.82) is 0 Å². The van der Waals surface area contributed by atoms with Gasteiger partial charge in [0.2, 0.25) is 0 Å². The van der Waals surface area contributed by atoms with E-state index in [1.165, 1.54) is 47.4 Å². The van der Waals surface area contributed by atoms with Gasteiger partial charge in [-0.2, -0.15) is 0 Å². The summed E-state index contributed by atoms with van der Waals surface area (Å²) in [7, 11) is 0. The molecule has 216 valence electrons. The van der Waals surface area contributed by atoms with Crippen molar-refractivity contribution < 1.29 is 14.3 Å². The first-order valence-corrected chi connectivity index (χ1v) is 15.2. The van der Waals surface area contributed by atoms with Gasteiger partial charge in [-0.15, -0.1) is 11.3 Å². The van der Waals surface area contributed by atoms with Crippen LogP contribution in [0, 0.1) is 6.92 Å². The molecule has 2 aliphatic rings. The Bertz CT molecular complexity index is 1820. The van der Waals surface area contributed by atoms with Crippen LogP contribution in [-0.2, 0) is 6.54 Å². The number of hydrogen-bond donors (Lipinski definition) is 2. The summed E-state index contributed by atoms with van der Waals surface area (Å²) in [5, 5.41) is 6.56. The van der Waals surface area contributed by atoms with Crippen LogP contribution in [0.2, 0.25) is 0 Å². The molecule has 9 nitrogen and oxygen atoms in total. The number of hydrogen-bond acceptors (Lipinski definition) is 7. The van der Waals surface area contributed by atoms with E-state index in [1.807, 2.05) is 67.6 Å². The fourth-order valence-electron chi connectivity index (χ4n) is 5.63. The smallest absolute Gasteiger partial charge is 0.332 e. The molecule has 2 N–H and O–H groups in total. The van der Waals surface area contributed by atoms with Crippen molar-refractivity contribution in [3.05, 3.63) is 95.1 Å². The number of thiophene rings is 1. The van der Waals surface area contributed by atoms with E-state index in [0.717, 1.165) is 30.9 Å². The van der Waals surface area contributed by atoms with Crippen LogP contribution in [0.4, 0.5) is 27.7 Å². The van der Waals surface area contributed by atoms with Gasteiger partial charge in [-0.05, 0) is 86.4 Å². The quantitative estimate of drug-likeness (QED) is 0.201. The van der Waals surface area contributed by atoms with Gasteiger partial charge >= 0.3 is 6.03 Å². The summed E-state index contributed by atoms with van der Waals surface area (Å²) < 4.78 is 6.02. The number of benzene rings is 3. The monoisotopic (exact) mass is 590 g/mol. The summed E-state index contributed by atoms with van der Waals surface area (Å²) in [5.41, 5.74) is 3.83. The molecule has 0 atom stereocenters. The molecule has 3 amide bonds. The maximum atomic E-state index is 13.5. The number of ether oxygens (including phenoxy) is 1. The number of nitrogens with one attached hydrogen (secondary N) is 2. The van der Waals surface area contributed by atoms with Gasteiger partial charge in [0.1, 0.15) is 27.5 Å². The number of likely N-dealkylation sites (tertiary alicyclic amines) is 1. The summed E-state index contributed by atoms with van der Waals surface area (Å²) in [6, 6.07) is 22.6. The van der Waals surface area contributed by atoms with Crippen LogP contribution in [-0.4, -0.2) is 39.9 Å². The summed E-state index contributed by atoms with van der Waals surface area (Å²) in [6.45, 7) is 5.11. The number of nitrogens with zero attached hydrogens (tertiary/aromatic N) is 4. The second kappa shape index (κ2) is 11.5. The fourth-order valence-corrected chi connectivity index (χ4v) is 6.61. The van der Waals surface area contributed by atoms with E-state index in [-0.39, 0.29) is 5.91 Å². The third-order valence-corrected chi connectivity index (χ3v) is 8.87. The molecule has 2 aliphatic heterocycles. The van der Waals surface area contributed by atoms with E-state index in [1.54, 1.807) is 0 Å². The Morgan fingerprint density at radius 2 is 1.79 bits per heavy atom. The van der Waals surface area contributed by atoms with Crippen molar-refractivity contribution >= 4 is 56.4 Å². The van der Waals surface area contributed by atoms with Gasteiger partial charge in [0.05, 0.1) is 16.8 Å². The molecule has 0 unspecified atom stereocenters. The van der Waals surface area contributed by atoms with E-state index in [2.05, 4.69) is 37.6 Å². The van der Waals surface area contributed by atoms with Gasteiger partial charge in [-0.3, -0.25) is 9.69 Å². The molecule has 0 spiro atoms. The van der Waals surface area contributed by atoms with Crippen LogP contribution in [0.5, 0.6) is 11.5 Å². The fraction of sp³-hybridized carbons (Fsp3) is 0.212. The Morgan fingerprint density at radius 3 is 2.56 bits per heavy atom. The highest BCUT2D eigenvalue weighted by Crippen LogP contribution is 2.45. The molecule has 2 aromatic heterocycles. The highest BCUT2D eigenvalue weighted by molar-refractivity contribution is 7.21. The third kappa shape index (κ3) is 5.42. The van der Waals surface area contributed by atoms with Gasteiger partial charge < -0.3 is 15.4 Å². The van der Waals surface area contributed by atoms with Crippen LogP contribution in [0.25, 0.3) is 10.2 Å². The molecule has 0 saturated carbocycles. The van der Waals surface area contributed by atoms with Crippen LogP contribution in [0.3, 0.4) is 0 Å². The topological polar surface area (TPSA) is 99.7 Å². The first-order chi connectivity index (χ1) is 21.0. The molecule has 0 aliphatic carbocycles. The van der Waals surface area contributed by atoms with E-state index < -0.39 is 6.03 Å². The minimum Gasteiger partial charge on any atom is -0.457 e. The lowest BCUT2D eigenvalue weighted by atomic mass is 10.1. The zero-order valence-corrected chi connectivity index (χ0v) is 24.5. The lowest BCUT2D eigenvalue weighted by Gasteiger charge is -2.27. The summed E-state index contributed by atoms with van der Waals surface area (Å²) in [5.74, 6) is 1.54. The van der Waals surface area contributed by atoms with Crippen molar-refractivity contribution in [2.45, 2.75) is 32.7 Å². The zero-order valence-electron chi connectivity index (χ0n) is 23.7. The van der Waals surface area contributed by atoms with Crippen molar-refractivity contribution in [3.63, 3.8) is 0 Å². The molecular formula is C33H30N6O3S. The molecule has 5 aromatic rings. The van der Waals surface area contributed by atoms with Gasteiger partial charge in [-0.25, -0.2) is 19.7 Å². The molecule has 7 rings (SSSR count). The first kappa shape index (κ1) is 27.1. The zero-order chi connectivity index (χ0) is 29.3. The van der Waals surface area contributed by atoms with Crippen molar-refractivity contribution in [1.82, 2.24) is 14.9 Å². The van der Waals surface area contributed by atoms with Crippen molar-refractivity contribution in [2.75, 3.05) is 28.6 Å². The standard InChI is InChI=1S/C33H30N6O3S/c1-21-18-24(14-15-26(21)42-25-8-4-2-5-9-25)39-30-27-28(37-33(39)41)29(43-32(27)35-20-34-30)31(40)36-23-12-10-22(11-13-23)19-38-16-6-3-7-17-38/h2,4-5,8-15,18,20H,3,6-7,16-17,19H2,1H3,(H,36,40)(H,37,41). The Morgan fingerprint density at radius 1 is 1.00 bits per heavy atom. The second-order valence-electron chi connectivity index (χ2n) is 10.8. The predicted molar refractivity (Wildman–Crippen MR) is 170 cm³/mol. The van der Waals surface area contributed by atoms with Crippen molar-refractivity contribution in [3.8, 4) is 11.5 Å². The summed E-state index contributed by atoms with van der Waals surface area (Å²) in [4.78, 5) is 40.8. The summed E-state index contributed by atoms with van der Waals surface area (Å²) >= 11 is 1.23. The van der Waals surface area contributed by atoms with Gasteiger partial charge in [0.25, 0.3) is 5.91 Å². The molecule has 1 fully saturated rings. The molecule has 43 heavy (non-hydrogen) atoms. The highest BCUT2D eigenvalue weighted by Gasteiger charge is 2.34. The number of amides is 3. The maximum Gasteiger partial charge on any atom is 0.332 e. The Labute approximate surface area is 253 Å². The van der Waals surface area contributed by atoms with E-state index >= 15 is 0 Å². The Balaban J connectivity index is 1.13. The van der Waals surface area contributed by atoms with E-state index in [0.29, 0.717) is 43.7 Å². The number of carbonyl (C=O) groups is 2. The molecule has 0 bridgehead atoms. The average Bonchev–Trinajstić information content (AvgIpc) is 3.40. The number of carbonyl (C=O) groups excluding carboxylic acids is 2. The van der Waals surface area contributed by atoms with Crippen molar-refractivity contribution in [2.24, 2.45) is 0 Å². The Kier molecular flexibility index (Phi) is 7.22. The minimum absolute atomic E-state index is 0.306. The molecule has 4 heterocycles. The largest absolute Gasteiger partial charge is 0.457 e. The predicted octanol–water partition coefficient (Wildman–Crippen LogP) is 7.71. The number of rotatable bonds is 7. The number of aryl methyl sites for hydroxylation is 1. The number of anilines is 4. The van der Waals surface area contributed by atoms with Crippen LogP contribution >= 0.6 is 11.3 Å². The molecule has 1 saturated heterocycles. The lowest BCUT2D eigenvalue weighted by molar-refractivity contribution is 0.103. The molecular weight excluding hydrogens is 560 g/mol. The van der Waals surface area contributed by atoms with Gasteiger partial charge in [0.15, 0.2) is 5.82 Å². The van der Waals surface area contributed by atoms with E-state index in [9.17, 15) is 9.59 Å². The number of para-hydroxylation sites is 1. The second-order valence-corrected chi connectivity index (χ2v) is 11.8. The highest BCUT2D eigenvalue weighted by atomic mass is 32.1. The van der Waals surface area contributed by atoms with E-state index in [4.69, 9.17) is 4.74 Å². The number of urea groups is 1. The number of aromatic nitrogens is 2.